The summed E-state index contributed by atoms with van der Waals surface area (Å²) in [5.74, 6) is -0.405. The van der Waals surface area contributed by atoms with Crippen LogP contribution in [0.2, 0.25) is 0 Å². The van der Waals surface area contributed by atoms with Crippen molar-refractivity contribution in [1.82, 2.24) is 0 Å². The maximum absolute atomic E-state index is 12.5. The molecule has 126 valence electrons. The topological polar surface area (TPSA) is 55.4 Å². The van der Waals surface area contributed by atoms with Crippen LogP contribution in [0.5, 0.6) is 0 Å². The van der Waals surface area contributed by atoms with Crippen molar-refractivity contribution in [3.05, 3.63) is 51.2 Å². The second-order valence-electron chi connectivity index (χ2n) is 5.93. The van der Waals surface area contributed by atoms with E-state index in [4.69, 9.17) is 4.74 Å². The number of benzene rings is 1. The Morgan fingerprint density at radius 2 is 1.92 bits per heavy atom. The van der Waals surface area contributed by atoms with E-state index in [2.05, 4.69) is 5.32 Å². The third-order valence-electron chi connectivity index (χ3n) is 4.12. The smallest absolute Gasteiger partial charge is 0.338 e. The van der Waals surface area contributed by atoms with Crippen LogP contribution < -0.4 is 5.32 Å². The quantitative estimate of drug-likeness (QED) is 0.816. The number of esters is 1. The normalized spacial score (nSPS) is 13.2. The standard InChI is InChI=1S/C19H21NO3S/c1-2-11-23-19(22)13-7-9-14(10-8-13)20-18(21)16-12-24-17-6-4-3-5-15(16)17/h7-10,12H,2-6,11H2,1H3,(H,20,21). The minimum Gasteiger partial charge on any atom is -0.462 e. The SMILES string of the molecule is CCCOC(=O)c1ccc(NC(=O)c2csc3c2CCCC3)cc1. The molecule has 1 aromatic heterocycles. The minimum atomic E-state index is -0.332. The molecule has 0 aliphatic heterocycles. The molecule has 24 heavy (non-hydrogen) atoms. The Morgan fingerprint density at radius 3 is 2.67 bits per heavy atom. The Balaban J connectivity index is 1.66. The van der Waals surface area contributed by atoms with Crippen molar-refractivity contribution in [2.24, 2.45) is 0 Å². The maximum atomic E-state index is 12.5. The van der Waals surface area contributed by atoms with Gasteiger partial charge in [-0.1, -0.05) is 6.92 Å². The van der Waals surface area contributed by atoms with Crippen LogP contribution >= 0.6 is 11.3 Å². The number of hydrogen-bond acceptors (Lipinski definition) is 4. The van der Waals surface area contributed by atoms with Gasteiger partial charge in [-0.3, -0.25) is 4.79 Å². The van der Waals surface area contributed by atoms with Crippen LogP contribution in [0.25, 0.3) is 0 Å². The van der Waals surface area contributed by atoms with E-state index in [0.717, 1.165) is 31.2 Å². The molecule has 1 N–H and O–H groups in total. The van der Waals surface area contributed by atoms with Gasteiger partial charge in [0, 0.05) is 15.9 Å². The maximum Gasteiger partial charge on any atom is 0.338 e. The van der Waals surface area contributed by atoms with Crippen molar-refractivity contribution < 1.29 is 14.3 Å². The molecule has 0 spiro atoms. The number of thiophene rings is 1. The molecule has 0 unspecified atom stereocenters. The van der Waals surface area contributed by atoms with Gasteiger partial charge in [0.15, 0.2) is 0 Å². The highest BCUT2D eigenvalue weighted by Gasteiger charge is 2.20. The molecule has 0 fully saturated rings. The number of carbonyl (C=O) groups is 2. The Morgan fingerprint density at radius 1 is 1.17 bits per heavy atom. The number of anilines is 1. The summed E-state index contributed by atoms with van der Waals surface area (Å²) >= 11 is 1.68. The van der Waals surface area contributed by atoms with Gasteiger partial charge >= 0.3 is 5.97 Å². The highest BCUT2D eigenvalue weighted by molar-refractivity contribution is 7.10. The summed E-state index contributed by atoms with van der Waals surface area (Å²) < 4.78 is 5.09. The van der Waals surface area contributed by atoms with Gasteiger partial charge in [-0.05, 0) is 61.9 Å². The summed E-state index contributed by atoms with van der Waals surface area (Å²) in [6.45, 7) is 2.37. The van der Waals surface area contributed by atoms with Crippen LogP contribution in [-0.2, 0) is 17.6 Å². The fourth-order valence-corrected chi connectivity index (χ4v) is 3.98. The summed E-state index contributed by atoms with van der Waals surface area (Å²) in [7, 11) is 0. The minimum absolute atomic E-state index is 0.0734. The first kappa shape index (κ1) is 16.7. The number of hydrogen-bond donors (Lipinski definition) is 1. The van der Waals surface area contributed by atoms with Crippen molar-refractivity contribution in [3.63, 3.8) is 0 Å². The molecule has 0 atom stereocenters. The van der Waals surface area contributed by atoms with E-state index < -0.39 is 0 Å². The number of aryl methyl sites for hydroxylation is 1. The lowest BCUT2D eigenvalue weighted by molar-refractivity contribution is 0.0505. The summed E-state index contributed by atoms with van der Waals surface area (Å²) in [5.41, 5.74) is 3.18. The first-order valence-corrected chi connectivity index (χ1v) is 9.24. The molecule has 0 bridgehead atoms. The lowest BCUT2D eigenvalue weighted by Gasteiger charge is -2.13. The summed E-state index contributed by atoms with van der Waals surface area (Å²) in [6, 6.07) is 6.83. The van der Waals surface area contributed by atoms with E-state index >= 15 is 0 Å². The van der Waals surface area contributed by atoms with Crippen LogP contribution in [-0.4, -0.2) is 18.5 Å². The number of amides is 1. The van der Waals surface area contributed by atoms with Crippen molar-refractivity contribution >= 4 is 28.9 Å². The molecule has 3 rings (SSSR count). The number of ether oxygens (including phenoxy) is 1. The van der Waals surface area contributed by atoms with Gasteiger partial charge in [0.2, 0.25) is 0 Å². The van der Waals surface area contributed by atoms with Crippen LogP contribution in [0.3, 0.4) is 0 Å². The Hall–Kier alpha value is -2.14. The molecule has 2 aromatic rings. The first-order chi connectivity index (χ1) is 11.7. The summed E-state index contributed by atoms with van der Waals surface area (Å²) in [5, 5.41) is 4.88. The number of carbonyl (C=O) groups excluding carboxylic acids is 2. The van der Waals surface area contributed by atoms with E-state index in [0.29, 0.717) is 17.9 Å². The summed E-state index contributed by atoms with van der Waals surface area (Å²) in [6.07, 6.45) is 5.24. The number of fused-ring (bicyclic) bond motifs is 1. The largest absolute Gasteiger partial charge is 0.462 e. The molecular formula is C19H21NO3S. The third kappa shape index (κ3) is 3.67. The molecule has 5 heteroatoms. The van der Waals surface area contributed by atoms with Gasteiger partial charge in [-0.25, -0.2) is 4.79 Å². The van der Waals surface area contributed by atoms with E-state index in [-0.39, 0.29) is 11.9 Å². The van der Waals surface area contributed by atoms with Crippen LogP contribution in [0.15, 0.2) is 29.6 Å². The zero-order valence-corrected chi connectivity index (χ0v) is 14.6. The summed E-state index contributed by atoms with van der Waals surface area (Å²) in [4.78, 5) is 25.6. The Labute approximate surface area is 145 Å². The fraction of sp³-hybridized carbons (Fsp3) is 0.368. The molecular weight excluding hydrogens is 322 g/mol. The number of rotatable bonds is 5. The predicted octanol–water partition coefficient (Wildman–Crippen LogP) is 4.45. The zero-order chi connectivity index (χ0) is 16.9. The van der Waals surface area contributed by atoms with Crippen LogP contribution in [0.4, 0.5) is 5.69 Å². The monoisotopic (exact) mass is 343 g/mol. The molecule has 1 amide bonds. The molecule has 1 aromatic carbocycles. The molecule has 0 radical (unpaired) electrons. The van der Waals surface area contributed by atoms with Crippen molar-refractivity contribution in [3.8, 4) is 0 Å². The van der Waals surface area contributed by atoms with Crippen molar-refractivity contribution in [1.29, 1.82) is 0 Å². The van der Waals surface area contributed by atoms with Crippen LogP contribution in [0.1, 0.15) is 57.3 Å². The number of nitrogens with one attached hydrogen (secondary N) is 1. The van der Waals surface area contributed by atoms with Crippen molar-refractivity contribution in [2.75, 3.05) is 11.9 Å². The fourth-order valence-electron chi connectivity index (χ4n) is 2.85. The van der Waals surface area contributed by atoms with Gasteiger partial charge in [0.1, 0.15) is 0 Å². The van der Waals surface area contributed by atoms with E-state index in [9.17, 15) is 9.59 Å². The second-order valence-corrected chi connectivity index (χ2v) is 6.89. The highest BCUT2D eigenvalue weighted by Crippen LogP contribution is 2.30. The lowest BCUT2D eigenvalue weighted by atomic mass is 9.95. The van der Waals surface area contributed by atoms with Crippen molar-refractivity contribution in [2.45, 2.75) is 39.0 Å². The third-order valence-corrected chi connectivity index (χ3v) is 5.21. The molecule has 4 nitrogen and oxygen atoms in total. The highest BCUT2D eigenvalue weighted by atomic mass is 32.1. The average molecular weight is 343 g/mol. The molecule has 0 saturated heterocycles. The molecule has 1 aliphatic rings. The van der Waals surface area contributed by atoms with E-state index in [1.807, 2.05) is 12.3 Å². The van der Waals surface area contributed by atoms with Gasteiger partial charge in [-0.2, -0.15) is 0 Å². The van der Waals surface area contributed by atoms with Crippen LogP contribution in [0, 0.1) is 0 Å². The van der Waals surface area contributed by atoms with E-state index in [1.54, 1.807) is 35.6 Å². The molecule has 1 aliphatic carbocycles. The first-order valence-electron chi connectivity index (χ1n) is 8.37. The van der Waals surface area contributed by atoms with Gasteiger partial charge < -0.3 is 10.1 Å². The Kier molecular flexibility index (Phi) is 5.30. The zero-order valence-electron chi connectivity index (χ0n) is 13.8. The average Bonchev–Trinajstić information content (AvgIpc) is 3.04. The lowest BCUT2D eigenvalue weighted by Crippen LogP contribution is -2.14. The van der Waals surface area contributed by atoms with E-state index in [1.165, 1.54) is 16.9 Å². The molecule has 1 heterocycles. The van der Waals surface area contributed by atoms with Gasteiger partial charge in [0.05, 0.1) is 17.7 Å². The van der Waals surface area contributed by atoms with Gasteiger partial charge in [0.25, 0.3) is 5.91 Å². The molecule has 0 saturated carbocycles. The Bertz CT molecular complexity index is 734. The predicted molar refractivity (Wildman–Crippen MR) is 95.9 cm³/mol. The van der Waals surface area contributed by atoms with Gasteiger partial charge in [-0.15, -0.1) is 11.3 Å². The second kappa shape index (κ2) is 7.62.